The van der Waals surface area contributed by atoms with Crippen molar-refractivity contribution in [1.82, 2.24) is 0 Å². The average Bonchev–Trinajstić information content (AvgIpc) is 2.97. The Kier molecular flexibility index (Phi) is 7.52. The molecule has 7 nitrogen and oxygen atoms in total. The van der Waals surface area contributed by atoms with Gasteiger partial charge in [-0.3, -0.25) is 9.59 Å². The highest BCUT2D eigenvalue weighted by Crippen LogP contribution is 2.60. The zero-order chi connectivity index (χ0) is 28.2. The molecule has 5 rings (SSSR count). The molecular weight excluding hydrogens is 506 g/mol. The number of nitriles is 1. The highest BCUT2D eigenvalue weighted by atomic mass is 16.5. The molecule has 0 spiro atoms. The van der Waals surface area contributed by atoms with Crippen molar-refractivity contribution >= 4 is 11.9 Å². The van der Waals surface area contributed by atoms with Crippen LogP contribution in [0.1, 0.15) is 28.5 Å². The molecule has 1 N–H and O–H groups in total. The van der Waals surface area contributed by atoms with E-state index in [1.165, 1.54) is 14.2 Å². The summed E-state index contributed by atoms with van der Waals surface area (Å²) in [7, 11) is 3.04. The fourth-order valence-corrected chi connectivity index (χ4v) is 5.67. The summed E-state index contributed by atoms with van der Waals surface area (Å²) in [5.41, 5.74) is 3.50. The van der Waals surface area contributed by atoms with Gasteiger partial charge in [0, 0.05) is 11.8 Å². The molecule has 40 heavy (non-hydrogen) atoms. The lowest BCUT2D eigenvalue weighted by atomic mass is 9.52. The van der Waals surface area contributed by atoms with Crippen LogP contribution in [0.2, 0.25) is 0 Å². The predicted octanol–water partition coefficient (Wildman–Crippen LogP) is 6.05. The van der Waals surface area contributed by atoms with Gasteiger partial charge in [-0.2, -0.15) is 5.26 Å². The quantitative estimate of drug-likeness (QED) is 0.217. The number of aliphatic carboxylic acids is 1. The molecule has 200 valence electrons. The van der Waals surface area contributed by atoms with Crippen molar-refractivity contribution in [3.05, 3.63) is 114 Å². The number of hydrogen-bond donors (Lipinski definition) is 1. The van der Waals surface area contributed by atoms with Gasteiger partial charge in [0.15, 0.2) is 0 Å². The summed E-state index contributed by atoms with van der Waals surface area (Å²) in [6, 6.07) is 30.6. The number of nitrogens with zero attached hydrogens (tertiary/aromatic N) is 1. The first-order valence-corrected chi connectivity index (χ1v) is 12.8. The van der Waals surface area contributed by atoms with E-state index in [1.807, 2.05) is 18.2 Å². The molecule has 0 amide bonds. The Balaban J connectivity index is 1.54. The molecule has 4 atom stereocenters. The maximum atomic E-state index is 13.9. The molecule has 0 heterocycles. The zero-order valence-electron chi connectivity index (χ0n) is 22.0. The summed E-state index contributed by atoms with van der Waals surface area (Å²) < 4.78 is 17.0. The van der Waals surface area contributed by atoms with E-state index in [9.17, 15) is 14.7 Å². The normalized spacial score (nSPS) is 19.5. The molecule has 0 saturated heterocycles. The SMILES string of the molecule is COc1ccccc1C1C(C(=O)Oc2cccc(-c3ccc(C#N)cc3)c2)[C@@H](c2ccccc2OC)[C@@H]1C(=O)O. The van der Waals surface area contributed by atoms with E-state index >= 15 is 0 Å². The van der Waals surface area contributed by atoms with Crippen molar-refractivity contribution in [2.75, 3.05) is 14.2 Å². The number of benzene rings is 4. The van der Waals surface area contributed by atoms with Crippen LogP contribution in [-0.2, 0) is 9.59 Å². The molecule has 1 saturated carbocycles. The minimum Gasteiger partial charge on any atom is -0.496 e. The lowest BCUT2D eigenvalue weighted by Gasteiger charge is -2.49. The third-order valence-electron chi connectivity index (χ3n) is 7.50. The first-order valence-electron chi connectivity index (χ1n) is 12.8. The standard InChI is InChI=1S/C33H27NO6/c1-38-26-12-5-3-10-24(26)28-30(32(35)36)29(25-11-4-6-13-27(25)39-2)31(28)33(37)40-23-9-7-8-22(18-23)21-16-14-20(19-34)15-17-21/h3-18,28-31H,1-2H3,(H,35,36)/t28-,29?,30-,31?/m0/s1. The van der Waals surface area contributed by atoms with Gasteiger partial charge in [-0.1, -0.05) is 60.7 Å². The molecule has 4 aromatic carbocycles. The van der Waals surface area contributed by atoms with Crippen LogP contribution < -0.4 is 14.2 Å². The Morgan fingerprint density at radius 3 is 1.82 bits per heavy atom. The second-order valence-electron chi connectivity index (χ2n) is 9.56. The van der Waals surface area contributed by atoms with Crippen LogP contribution in [0, 0.1) is 23.2 Å². The number of para-hydroxylation sites is 2. The molecule has 0 aliphatic heterocycles. The van der Waals surface area contributed by atoms with Gasteiger partial charge in [0.05, 0.1) is 37.7 Å². The van der Waals surface area contributed by atoms with Gasteiger partial charge >= 0.3 is 11.9 Å². The van der Waals surface area contributed by atoms with Crippen molar-refractivity contribution in [1.29, 1.82) is 5.26 Å². The van der Waals surface area contributed by atoms with Gasteiger partial charge in [0.1, 0.15) is 17.2 Å². The van der Waals surface area contributed by atoms with Crippen molar-refractivity contribution < 1.29 is 28.9 Å². The Morgan fingerprint density at radius 1 is 0.725 bits per heavy atom. The number of rotatable bonds is 8. The number of hydrogen-bond acceptors (Lipinski definition) is 6. The van der Waals surface area contributed by atoms with Gasteiger partial charge in [-0.05, 0) is 58.7 Å². The molecule has 4 aromatic rings. The Labute approximate surface area is 232 Å². The number of carbonyl (C=O) groups excluding carboxylic acids is 1. The third-order valence-corrected chi connectivity index (χ3v) is 7.50. The summed E-state index contributed by atoms with van der Waals surface area (Å²) in [5.74, 6) is -3.28. The van der Waals surface area contributed by atoms with E-state index in [0.717, 1.165) is 11.1 Å². The number of carboxylic acid groups (broad SMARTS) is 1. The lowest BCUT2D eigenvalue weighted by molar-refractivity contribution is -0.158. The fraction of sp³-hybridized carbons (Fsp3) is 0.182. The second-order valence-corrected chi connectivity index (χ2v) is 9.56. The van der Waals surface area contributed by atoms with Crippen LogP contribution >= 0.6 is 0 Å². The van der Waals surface area contributed by atoms with Crippen molar-refractivity contribution in [3.63, 3.8) is 0 Å². The largest absolute Gasteiger partial charge is 0.496 e. The second kappa shape index (κ2) is 11.3. The maximum absolute atomic E-state index is 13.9. The Bertz CT molecular complexity index is 1530. The third kappa shape index (κ3) is 4.87. The topological polar surface area (TPSA) is 106 Å². The summed E-state index contributed by atoms with van der Waals surface area (Å²) in [5, 5.41) is 19.4. The van der Waals surface area contributed by atoms with E-state index in [1.54, 1.807) is 78.9 Å². The maximum Gasteiger partial charge on any atom is 0.315 e. The van der Waals surface area contributed by atoms with Gasteiger partial charge in [0.25, 0.3) is 0 Å². The monoisotopic (exact) mass is 533 g/mol. The molecule has 0 aromatic heterocycles. The van der Waals surface area contributed by atoms with Gasteiger partial charge in [-0.25, -0.2) is 0 Å². The van der Waals surface area contributed by atoms with Crippen LogP contribution in [0.3, 0.4) is 0 Å². The highest BCUT2D eigenvalue weighted by molar-refractivity contribution is 5.86. The molecule has 1 aliphatic rings. The van der Waals surface area contributed by atoms with Crippen LogP contribution in [-0.4, -0.2) is 31.3 Å². The molecule has 7 heteroatoms. The van der Waals surface area contributed by atoms with E-state index in [4.69, 9.17) is 19.5 Å². The van der Waals surface area contributed by atoms with Crippen molar-refractivity contribution in [3.8, 4) is 34.4 Å². The lowest BCUT2D eigenvalue weighted by Crippen LogP contribution is -2.52. The summed E-state index contributed by atoms with van der Waals surface area (Å²) >= 11 is 0. The molecule has 0 radical (unpaired) electrons. The first kappa shape index (κ1) is 26.5. The van der Waals surface area contributed by atoms with Crippen molar-refractivity contribution in [2.24, 2.45) is 11.8 Å². The predicted molar refractivity (Wildman–Crippen MR) is 148 cm³/mol. The van der Waals surface area contributed by atoms with E-state index < -0.39 is 35.6 Å². The van der Waals surface area contributed by atoms with E-state index in [-0.39, 0.29) is 0 Å². The van der Waals surface area contributed by atoms with Crippen LogP contribution in [0.15, 0.2) is 97.1 Å². The molecule has 2 unspecified atom stereocenters. The number of carbonyl (C=O) groups is 2. The van der Waals surface area contributed by atoms with Crippen LogP contribution in [0.4, 0.5) is 0 Å². The molecule has 1 aliphatic carbocycles. The first-order chi connectivity index (χ1) is 19.5. The van der Waals surface area contributed by atoms with Gasteiger partial charge < -0.3 is 19.3 Å². The highest BCUT2D eigenvalue weighted by Gasteiger charge is 2.60. The number of ether oxygens (including phenoxy) is 3. The minimum atomic E-state index is -1.02. The average molecular weight is 534 g/mol. The zero-order valence-corrected chi connectivity index (χ0v) is 22.0. The number of carboxylic acids is 1. The Morgan fingerprint density at radius 2 is 1.30 bits per heavy atom. The summed E-state index contributed by atoms with van der Waals surface area (Å²) in [6.45, 7) is 0. The van der Waals surface area contributed by atoms with Gasteiger partial charge in [-0.15, -0.1) is 0 Å². The molecule has 1 fully saturated rings. The fourth-order valence-electron chi connectivity index (χ4n) is 5.67. The smallest absolute Gasteiger partial charge is 0.315 e. The summed E-state index contributed by atoms with van der Waals surface area (Å²) in [6.07, 6.45) is 0. The minimum absolute atomic E-state index is 0.336. The number of esters is 1. The Hall–Kier alpha value is -5.09. The van der Waals surface area contributed by atoms with E-state index in [2.05, 4.69) is 6.07 Å². The van der Waals surface area contributed by atoms with Gasteiger partial charge in [0.2, 0.25) is 0 Å². The number of methoxy groups -OCH3 is 2. The molecule has 0 bridgehead atoms. The molecular formula is C33H27NO6. The van der Waals surface area contributed by atoms with E-state index in [0.29, 0.717) is 33.9 Å². The van der Waals surface area contributed by atoms with Crippen LogP contribution in [0.25, 0.3) is 11.1 Å². The summed E-state index contributed by atoms with van der Waals surface area (Å²) in [4.78, 5) is 26.6. The van der Waals surface area contributed by atoms with Crippen LogP contribution in [0.5, 0.6) is 17.2 Å². The van der Waals surface area contributed by atoms with Crippen molar-refractivity contribution in [2.45, 2.75) is 11.8 Å².